The number of rotatable bonds is 23. The molecule has 0 spiro atoms. The van der Waals surface area contributed by atoms with Crippen LogP contribution >= 0.6 is 34.0 Å². The van der Waals surface area contributed by atoms with E-state index < -0.39 is 36.5 Å². The van der Waals surface area contributed by atoms with Crippen LogP contribution in [0.5, 0.6) is 0 Å². The van der Waals surface area contributed by atoms with Gasteiger partial charge in [-0.05, 0) is 132 Å². The lowest BCUT2D eigenvalue weighted by Gasteiger charge is -2.29. The SMILES string of the molecule is CCCNc1nc(C)c(-c2nc3ccccc3s2)c(N2CCOCC2)n1.CCCNc1nc(C)c(-c2nc3ccccc3s2)c(N[C@H]2CC[C@@H](CO)C2)n1.Cc1nc(NCC2CC2)nc(N[C@@H]2C[C@H](CO)[C@@H](O)[C@H]2O)c1-c1nc2ccccc2s1.Nc1ncc(-c2ccccc2)c(N[C@@H]2C[C@H](CO)[C@@H](O)[C@H]2O)n1. The van der Waals surface area contributed by atoms with Crippen LogP contribution in [-0.2, 0) is 4.74 Å². The van der Waals surface area contributed by atoms with Crippen LogP contribution < -0.4 is 42.5 Å². The zero-order valence-corrected chi connectivity index (χ0v) is 63.8. The van der Waals surface area contributed by atoms with E-state index >= 15 is 0 Å². The van der Waals surface area contributed by atoms with Gasteiger partial charge in [-0.15, -0.1) is 34.0 Å². The van der Waals surface area contributed by atoms with Crippen molar-refractivity contribution in [1.82, 2.24) is 54.8 Å². The Hall–Kier alpha value is -9.05. The van der Waals surface area contributed by atoms with Gasteiger partial charge in [-0.25, -0.2) is 34.9 Å². The van der Waals surface area contributed by atoms with Crippen molar-refractivity contribution >= 4 is 112 Å². The van der Waals surface area contributed by atoms with Gasteiger partial charge in [0.05, 0.1) is 102 Å². The molecule has 10 atom stereocenters. The molecule has 1 aliphatic heterocycles. The van der Waals surface area contributed by atoms with Gasteiger partial charge in [-0.2, -0.15) is 19.9 Å². The molecular weight excluding hydrogens is 1430 g/mol. The monoisotopic (exact) mass is 1520 g/mol. The summed E-state index contributed by atoms with van der Waals surface area (Å²) in [7, 11) is 0. The second kappa shape index (κ2) is 36.0. The number of aliphatic hydroxyl groups is 7. The topological polar surface area (TPSA) is 394 Å². The van der Waals surface area contributed by atoms with E-state index in [0.29, 0.717) is 60.2 Å². The molecule has 30 heteroatoms. The minimum absolute atomic E-state index is 0.124. The fraction of sp³-hybridized carbons (Fsp3) is 0.449. The third kappa shape index (κ3) is 18.4. The van der Waals surface area contributed by atoms with Crippen molar-refractivity contribution < 1.29 is 40.5 Å². The Bertz CT molecular complexity index is 4700. The molecule has 15 N–H and O–H groups in total. The van der Waals surface area contributed by atoms with Crippen molar-refractivity contribution in [2.24, 2.45) is 23.7 Å². The number of ether oxygens (including phenoxy) is 1. The number of nitrogens with zero attached hydrogens (tertiary/aromatic N) is 12. The summed E-state index contributed by atoms with van der Waals surface area (Å²) in [6.07, 6.45) is 6.21. The minimum atomic E-state index is -0.987. The average molecular weight is 1520 g/mol. The number of aliphatic hydroxyl groups excluding tert-OH is 7. The predicted octanol–water partition coefficient (Wildman–Crippen LogP) is 10.8. The van der Waals surface area contributed by atoms with E-state index in [1.54, 1.807) is 40.2 Å². The molecule has 0 amide bonds. The van der Waals surface area contributed by atoms with Crippen LogP contribution in [0.2, 0.25) is 0 Å². The van der Waals surface area contributed by atoms with E-state index in [-0.39, 0.29) is 37.6 Å². The predicted molar refractivity (Wildman–Crippen MR) is 431 cm³/mol. The highest BCUT2D eigenvalue weighted by Gasteiger charge is 2.43. The van der Waals surface area contributed by atoms with Crippen LogP contribution in [0.3, 0.4) is 0 Å². The first kappa shape index (κ1) is 77.1. The van der Waals surface area contributed by atoms with Crippen LogP contribution in [0.25, 0.3) is 73.5 Å². The molecule has 4 aromatic carbocycles. The number of benzene rings is 4. The molecule has 108 heavy (non-hydrogen) atoms. The number of hydrogen-bond donors (Lipinski definition) is 14. The second-order valence-corrected chi connectivity index (χ2v) is 31.3. The van der Waals surface area contributed by atoms with E-state index in [0.717, 1.165) is 176 Å². The summed E-state index contributed by atoms with van der Waals surface area (Å²) in [5.74, 6) is 5.23. The van der Waals surface area contributed by atoms with Gasteiger partial charge in [-0.3, -0.25) is 0 Å². The molecule has 11 aromatic rings. The second-order valence-electron chi connectivity index (χ2n) is 28.2. The van der Waals surface area contributed by atoms with Gasteiger partial charge in [0.15, 0.2) is 0 Å². The summed E-state index contributed by atoms with van der Waals surface area (Å²) >= 11 is 4.94. The van der Waals surface area contributed by atoms with E-state index in [1.807, 2.05) is 106 Å². The summed E-state index contributed by atoms with van der Waals surface area (Å²) in [5, 5.41) is 91.9. The van der Waals surface area contributed by atoms with E-state index in [2.05, 4.69) is 88.8 Å². The standard InChI is InChI=1S/C22H27N5O3S.C21H27N5OS.C19H23N5OS.C16H20N4O3/c1-11-17(21-26-14-4-2-3-5-16(14)31-21)20(27-22(24-11)23-9-12-6-7-12)25-15-8-13(10-28)18(29)19(15)30;1-3-10-22-21-23-13(2)18(20-25-16-6-4-5-7-17(16)28-20)19(26-21)24-15-9-8-14(11-15)12-27;1-3-8-20-19-21-13(2)16(17(23-19)24-9-11-25-12-10-24)18-22-14-6-4-5-7-15(14)26-18;17-16-18-7-11(9-4-2-1-3-5-9)15(20-16)19-12-6-10(8-21)13(22)14(12)23/h2-5,12-13,15,18-19,28-30H,6-10H2,1H3,(H2,23,24,25,27);4-7,14-15,27H,3,8-12H2,1-2H3,(H2,22,23,24,26);4-7H,3,8-12H2,1-2H3,(H,20,21,23);1-5,7,10,12-14,21-23H,6,8H2,(H3,17,18,19,20)/t13-,15-,18-,19+;14-,15+;;10-,12-,13-,14+/m11.1/s1. The van der Waals surface area contributed by atoms with Crippen LogP contribution in [0.1, 0.15) is 88.7 Å². The number of anilines is 8. The van der Waals surface area contributed by atoms with Crippen LogP contribution in [-0.4, -0.2) is 199 Å². The zero-order chi connectivity index (χ0) is 75.4. The first-order chi connectivity index (χ1) is 52.6. The lowest BCUT2D eigenvalue weighted by atomic mass is 10.1. The summed E-state index contributed by atoms with van der Waals surface area (Å²) in [6, 6.07) is 33.5. The van der Waals surface area contributed by atoms with Gasteiger partial charge < -0.3 is 83.0 Å². The Labute approximate surface area is 639 Å². The zero-order valence-electron chi connectivity index (χ0n) is 61.4. The summed E-state index contributed by atoms with van der Waals surface area (Å²) in [6.45, 7) is 15.9. The third-order valence-corrected chi connectivity index (χ3v) is 23.3. The van der Waals surface area contributed by atoms with E-state index in [4.69, 9.17) is 45.4 Å². The lowest BCUT2D eigenvalue weighted by molar-refractivity contribution is 0.00443. The number of para-hydroxylation sites is 3. The normalized spacial score (nSPS) is 21.7. The molecule has 0 radical (unpaired) electrons. The maximum atomic E-state index is 10.5. The van der Waals surface area contributed by atoms with Crippen molar-refractivity contribution in [2.75, 3.05) is 108 Å². The number of aromatic nitrogens is 11. The molecule has 4 saturated carbocycles. The first-order valence-electron chi connectivity index (χ1n) is 37.4. The van der Waals surface area contributed by atoms with Crippen molar-refractivity contribution in [3.8, 4) is 42.8 Å². The maximum Gasteiger partial charge on any atom is 0.224 e. The fourth-order valence-corrected chi connectivity index (χ4v) is 17.2. The van der Waals surface area contributed by atoms with Gasteiger partial charge in [0.25, 0.3) is 0 Å². The molecule has 0 bridgehead atoms. The largest absolute Gasteiger partial charge is 0.396 e. The molecule has 0 unspecified atom stereocenters. The van der Waals surface area contributed by atoms with Crippen molar-refractivity contribution in [2.45, 2.75) is 135 Å². The molecule has 570 valence electrons. The van der Waals surface area contributed by atoms with Crippen LogP contribution in [0.15, 0.2) is 109 Å². The van der Waals surface area contributed by atoms with E-state index in [9.17, 15) is 35.7 Å². The van der Waals surface area contributed by atoms with E-state index in [1.165, 1.54) is 17.5 Å². The summed E-state index contributed by atoms with van der Waals surface area (Å²) in [4.78, 5) is 53.5. The molecule has 5 fully saturated rings. The maximum absolute atomic E-state index is 10.5. The molecule has 4 aliphatic carbocycles. The Balaban J connectivity index is 0.000000128. The quantitative estimate of drug-likeness (QED) is 0.0283. The number of morpholine rings is 1. The Morgan fingerprint density at radius 2 is 0.944 bits per heavy atom. The highest BCUT2D eigenvalue weighted by Crippen LogP contribution is 2.43. The van der Waals surface area contributed by atoms with Crippen molar-refractivity contribution in [1.29, 1.82) is 0 Å². The molecule has 1 saturated heterocycles. The Kier molecular flexibility index (Phi) is 25.7. The molecule has 16 rings (SSSR count). The van der Waals surface area contributed by atoms with Gasteiger partial charge in [-0.1, -0.05) is 80.6 Å². The number of thiazole rings is 3. The highest BCUT2D eigenvalue weighted by molar-refractivity contribution is 7.22. The summed E-state index contributed by atoms with van der Waals surface area (Å²) < 4.78 is 8.95. The van der Waals surface area contributed by atoms with Gasteiger partial charge in [0.1, 0.15) is 50.5 Å². The van der Waals surface area contributed by atoms with Crippen molar-refractivity contribution in [3.05, 3.63) is 126 Å². The molecule has 27 nitrogen and oxygen atoms in total. The van der Waals surface area contributed by atoms with Gasteiger partial charge >= 0.3 is 0 Å². The molecule has 7 aromatic heterocycles. The average Bonchev–Trinajstić information content (AvgIpc) is 1.53. The molecular formula is C78H97N19O8S3. The highest BCUT2D eigenvalue weighted by atomic mass is 32.1. The fourth-order valence-electron chi connectivity index (χ4n) is 14.0. The number of nitrogens with two attached hydrogens (primary N) is 1. The van der Waals surface area contributed by atoms with Crippen LogP contribution in [0, 0.1) is 44.4 Å². The smallest absolute Gasteiger partial charge is 0.224 e. The molecule has 5 aliphatic rings. The van der Waals surface area contributed by atoms with Gasteiger partial charge in [0.2, 0.25) is 23.8 Å². The first-order valence-corrected chi connectivity index (χ1v) is 39.8. The van der Waals surface area contributed by atoms with Crippen molar-refractivity contribution in [3.63, 3.8) is 0 Å². The molecule has 8 heterocycles. The minimum Gasteiger partial charge on any atom is -0.396 e. The summed E-state index contributed by atoms with van der Waals surface area (Å²) in [5.41, 5.74) is 15.8. The number of aryl methyl sites for hydroxylation is 3. The lowest BCUT2D eigenvalue weighted by Crippen LogP contribution is -2.37. The Morgan fingerprint density at radius 1 is 0.481 bits per heavy atom. The number of fused-ring (bicyclic) bond motifs is 3. The van der Waals surface area contributed by atoms with Crippen LogP contribution in [0.4, 0.5) is 47.1 Å². The number of nitrogens with one attached hydrogen (secondary N) is 6. The Morgan fingerprint density at radius 3 is 1.43 bits per heavy atom. The van der Waals surface area contributed by atoms with Gasteiger partial charge in [0, 0.05) is 82.2 Å². The number of hydrogen-bond acceptors (Lipinski definition) is 30. The number of nitrogen functional groups attached to an aromatic ring is 1. The third-order valence-electron chi connectivity index (χ3n) is 20.1.